The summed E-state index contributed by atoms with van der Waals surface area (Å²) in [6, 6.07) is 18.5. The largest absolute Gasteiger partial charge is 0.619 e. The van der Waals surface area contributed by atoms with E-state index in [1.54, 1.807) is 30.6 Å². The second-order valence-electron chi connectivity index (χ2n) is 10.5. The second-order valence-corrected chi connectivity index (χ2v) is 11.3. The third-order valence-electron chi connectivity index (χ3n) is 7.60. The highest BCUT2D eigenvalue weighted by molar-refractivity contribution is 7.80. The van der Waals surface area contributed by atoms with E-state index in [-0.39, 0.29) is 11.7 Å². The van der Waals surface area contributed by atoms with Crippen molar-refractivity contribution >= 4 is 41.2 Å². The Hall–Kier alpha value is -4.25. The van der Waals surface area contributed by atoms with Gasteiger partial charge in [0.15, 0.2) is 12.4 Å². The van der Waals surface area contributed by atoms with Gasteiger partial charge in [0.25, 0.3) is 0 Å². The Morgan fingerprint density at radius 2 is 1.88 bits per heavy atom. The number of carbonyl (C=O) groups is 1. The Morgan fingerprint density at radius 1 is 1.12 bits per heavy atom. The predicted octanol–water partition coefficient (Wildman–Crippen LogP) is 5.64. The number of pyridine rings is 1. The van der Waals surface area contributed by atoms with E-state index in [2.05, 4.69) is 22.9 Å². The summed E-state index contributed by atoms with van der Waals surface area (Å²) in [4.78, 5) is 17.4. The van der Waals surface area contributed by atoms with Crippen LogP contribution in [0.1, 0.15) is 41.8 Å². The van der Waals surface area contributed by atoms with Gasteiger partial charge < -0.3 is 25.7 Å². The fourth-order valence-corrected chi connectivity index (χ4v) is 5.91. The van der Waals surface area contributed by atoms with Crippen LogP contribution in [-0.4, -0.2) is 34.7 Å². The van der Waals surface area contributed by atoms with E-state index < -0.39 is 12.0 Å². The number of thiol groups is 1. The highest BCUT2D eigenvalue weighted by Gasteiger charge is 2.22. The molecule has 1 aliphatic heterocycles. The Morgan fingerprint density at radius 3 is 2.63 bits per heavy atom. The molecule has 11 heteroatoms. The van der Waals surface area contributed by atoms with Gasteiger partial charge in [-0.05, 0) is 68.2 Å². The van der Waals surface area contributed by atoms with Crippen molar-refractivity contribution in [1.82, 2.24) is 14.9 Å². The van der Waals surface area contributed by atoms with Crippen LogP contribution in [0.5, 0.6) is 11.5 Å². The summed E-state index contributed by atoms with van der Waals surface area (Å²) in [6.45, 7) is 3.70. The molecule has 5 aromatic rings. The van der Waals surface area contributed by atoms with Crippen molar-refractivity contribution in [3.05, 3.63) is 101 Å². The lowest BCUT2D eigenvalue weighted by Gasteiger charge is -2.25. The Bertz CT molecular complexity index is 1800. The minimum Gasteiger partial charge on any atom is -0.619 e. The summed E-state index contributed by atoms with van der Waals surface area (Å²) >= 11 is 11.4. The zero-order valence-electron chi connectivity index (χ0n) is 23.4. The molecule has 1 atom stereocenters. The average molecular weight is 616 g/mol. The molecule has 2 aromatic heterocycles. The predicted molar refractivity (Wildman–Crippen MR) is 168 cm³/mol. The number of aromatic nitrogens is 3. The number of primary amides is 1. The molecule has 1 amide bonds. The summed E-state index contributed by atoms with van der Waals surface area (Å²) < 4.78 is 15.2. The number of ether oxygens (including phenoxy) is 2. The van der Waals surface area contributed by atoms with Gasteiger partial charge in [-0.1, -0.05) is 29.8 Å². The third-order valence-corrected chi connectivity index (χ3v) is 8.47. The Labute approximate surface area is 259 Å². The number of piperidine rings is 1. The number of nitrogens with one attached hydrogen (secondary N) is 1. The van der Waals surface area contributed by atoms with E-state index in [9.17, 15) is 10.0 Å². The molecule has 1 aliphatic rings. The van der Waals surface area contributed by atoms with E-state index in [0.717, 1.165) is 58.4 Å². The molecule has 43 heavy (non-hydrogen) atoms. The molecule has 6 rings (SSSR count). The molecule has 9 nitrogen and oxygen atoms in total. The van der Waals surface area contributed by atoms with Crippen molar-refractivity contribution in [2.45, 2.75) is 36.9 Å². The number of amides is 1. The summed E-state index contributed by atoms with van der Waals surface area (Å²) in [5, 5.41) is 15.3. The van der Waals surface area contributed by atoms with Crippen molar-refractivity contribution in [2.75, 3.05) is 13.1 Å². The first-order valence-electron chi connectivity index (χ1n) is 13.9. The highest BCUT2D eigenvalue weighted by Crippen LogP contribution is 2.38. The summed E-state index contributed by atoms with van der Waals surface area (Å²) in [5.74, 6) is 0.355. The Kier molecular flexibility index (Phi) is 8.16. The number of rotatable bonds is 8. The molecule has 3 N–H and O–H groups in total. The maximum Gasteiger partial charge on any atom is 0.250 e. The number of nitrogens with two attached hydrogens (primary N) is 1. The van der Waals surface area contributed by atoms with Crippen LogP contribution in [0.2, 0.25) is 5.02 Å². The number of halogens is 1. The van der Waals surface area contributed by atoms with Crippen LogP contribution in [0.4, 0.5) is 0 Å². The molecule has 3 aromatic carbocycles. The normalized spacial score (nSPS) is 14.5. The highest BCUT2D eigenvalue weighted by atomic mass is 35.5. The number of hydrogen-bond acceptors (Lipinski definition) is 7. The lowest BCUT2D eigenvalue weighted by atomic mass is 10.1. The quantitative estimate of drug-likeness (QED) is 0.118. The first kappa shape index (κ1) is 28.9. The van der Waals surface area contributed by atoms with Gasteiger partial charge >= 0.3 is 0 Å². The summed E-state index contributed by atoms with van der Waals surface area (Å²) in [5.41, 5.74) is 10.7. The van der Waals surface area contributed by atoms with Crippen LogP contribution in [0.3, 0.4) is 0 Å². The van der Waals surface area contributed by atoms with Crippen LogP contribution >= 0.6 is 24.2 Å². The fourth-order valence-electron chi connectivity index (χ4n) is 5.29. The van der Waals surface area contributed by atoms with Gasteiger partial charge in [0, 0.05) is 23.8 Å². The maximum atomic E-state index is 12.5. The lowest BCUT2D eigenvalue weighted by Crippen LogP contribution is -2.34. The van der Waals surface area contributed by atoms with E-state index in [4.69, 9.17) is 26.8 Å². The number of imidazole rings is 1. The number of carbonyl (C=O) groups excluding carboxylic acids is 1. The Balaban J connectivity index is 1.32. The zero-order chi connectivity index (χ0) is 30.1. The standard InChI is InChI=1S/C32H30ClN5O4S/c1-19(24-3-2-4-28(30(24)33)42-23-7-11-35-12-8-23)41-29-17-22(16-25(31(29)43)32(34)39)38-18-36-26-15-21(5-6-27(26)38)20-9-13-37(40)14-10-20/h2-6,9-10,13-19,23,35,43H,7-8,11-12H2,1H3,(H2,34,39)/t19-/m1/s1. The molecule has 0 aliphatic carbocycles. The topological polar surface area (TPSA) is 118 Å². The summed E-state index contributed by atoms with van der Waals surface area (Å²) in [7, 11) is 0. The van der Waals surface area contributed by atoms with E-state index in [1.165, 1.54) is 12.4 Å². The number of fused-ring (bicyclic) bond motifs is 1. The monoisotopic (exact) mass is 615 g/mol. The minimum absolute atomic E-state index is 0.0996. The van der Waals surface area contributed by atoms with Gasteiger partial charge in [-0.3, -0.25) is 9.36 Å². The van der Waals surface area contributed by atoms with Crippen LogP contribution in [0.15, 0.2) is 84.3 Å². The fraction of sp³-hybridized carbons (Fsp3) is 0.219. The molecule has 0 unspecified atom stereocenters. The molecule has 0 saturated carbocycles. The van der Waals surface area contributed by atoms with E-state index in [1.807, 2.05) is 47.9 Å². The SMILES string of the molecule is C[C@@H](Oc1cc(-n2cnc3cc(-c4cc[n+]([O-])cc4)ccc32)cc(C(N)=O)c1S)c1cccc(OC2CCNCC2)c1Cl. The van der Waals surface area contributed by atoms with Crippen molar-refractivity contribution in [1.29, 1.82) is 0 Å². The molecule has 0 spiro atoms. The second kappa shape index (κ2) is 12.2. The first-order valence-corrected chi connectivity index (χ1v) is 14.8. The first-order chi connectivity index (χ1) is 20.8. The number of nitrogens with zero attached hydrogens (tertiary/aromatic N) is 3. The van der Waals surface area contributed by atoms with E-state index in [0.29, 0.717) is 27.1 Å². The van der Waals surface area contributed by atoms with Crippen molar-refractivity contribution in [3.8, 4) is 28.3 Å². The zero-order valence-corrected chi connectivity index (χ0v) is 25.0. The van der Waals surface area contributed by atoms with Gasteiger partial charge in [0.2, 0.25) is 5.91 Å². The van der Waals surface area contributed by atoms with Gasteiger partial charge in [-0.25, -0.2) is 4.98 Å². The minimum atomic E-state index is -0.633. The van der Waals surface area contributed by atoms with Crippen LogP contribution < -0.4 is 25.3 Å². The van der Waals surface area contributed by atoms with Crippen LogP contribution in [0, 0.1) is 5.21 Å². The van der Waals surface area contributed by atoms with Gasteiger partial charge in [-0.2, -0.15) is 4.73 Å². The van der Waals surface area contributed by atoms with Gasteiger partial charge in [0.05, 0.1) is 32.2 Å². The molecular weight excluding hydrogens is 586 g/mol. The molecule has 0 bridgehead atoms. The number of hydrogen-bond donors (Lipinski definition) is 3. The third kappa shape index (κ3) is 5.99. The van der Waals surface area contributed by atoms with Crippen molar-refractivity contribution in [3.63, 3.8) is 0 Å². The maximum absolute atomic E-state index is 12.5. The lowest BCUT2D eigenvalue weighted by molar-refractivity contribution is -0.605. The van der Waals surface area contributed by atoms with Gasteiger partial charge in [0.1, 0.15) is 30.0 Å². The summed E-state index contributed by atoms with van der Waals surface area (Å²) in [6.07, 6.45) is 6.02. The van der Waals surface area contributed by atoms with E-state index >= 15 is 0 Å². The average Bonchev–Trinajstić information content (AvgIpc) is 3.43. The molecular formula is C32H30ClN5O4S. The molecule has 3 heterocycles. The molecule has 1 saturated heterocycles. The van der Waals surface area contributed by atoms with Gasteiger partial charge in [-0.15, -0.1) is 12.6 Å². The van der Waals surface area contributed by atoms with Crippen LogP contribution in [0.25, 0.3) is 27.8 Å². The molecule has 220 valence electrons. The smallest absolute Gasteiger partial charge is 0.250 e. The van der Waals surface area contributed by atoms with Crippen LogP contribution in [-0.2, 0) is 0 Å². The number of benzene rings is 3. The van der Waals surface area contributed by atoms with Crippen molar-refractivity contribution in [2.24, 2.45) is 5.73 Å². The molecule has 1 fully saturated rings. The molecule has 0 radical (unpaired) electrons. The van der Waals surface area contributed by atoms with Crippen molar-refractivity contribution < 1.29 is 19.0 Å².